The van der Waals surface area contributed by atoms with Gasteiger partial charge in [-0.15, -0.1) is 0 Å². The Morgan fingerprint density at radius 2 is 1.58 bits per heavy atom. The predicted octanol–water partition coefficient (Wildman–Crippen LogP) is 4.47. The lowest BCUT2D eigenvalue weighted by molar-refractivity contribution is -0.164. The van der Waals surface area contributed by atoms with E-state index in [1.54, 1.807) is 61.6 Å². The van der Waals surface area contributed by atoms with Crippen LogP contribution >= 0.6 is 0 Å². The Hall–Kier alpha value is -5.60. The molecule has 3 N–H and O–H groups in total. The van der Waals surface area contributed by atoms with Crippen molar-refractivity contribution in [3.05, 3.63) is 90.0 Å². The van der Waals surface area contributed by atoms with E-state index in [4.69, 9.17) is 33.8 Å². The zero-order valence-corrected chi connectivity index (χ0v) is 28.2. The van der Waals surface area contributed by atoms with Crippen molar-refractivity contribution < 1.29 is 52.7 Å². The molecular formula is C36H41N3O11. The summed E-state index contributed by atoms with van der Waals surface area (Å²) in [6.45, 7) is 7.39. The summed E-state index contributed by atoms with van der Waals surface area (Å²) in [4.78, 5) is 47.8. The minimum Gasteiger partial charge on any atom is -0.490 e. The number of nitrogens with zero attached hydrogens (tertiary/aromatic N) is 1. The van der Waals surface area contributed by atoms with Gasteiger partial charge in [0.05, 0.1) is 30.8 Å². The lowest BCUT2D eigenvalue weighted by atomic mass is 9.97. The molecule has 0 aromatic heterocycles. The number of esters is 3. The number of ketones is 1. The normalized spacial score (nSPS) is 13.0. The van der Waals surface area contributed by atoms with Crippen molar-refractivity contribution in [1.29, 1.82) is 5.41 Å². The highest BCUT2D eigenvalue weighted by Crippen LogP contribution is 2.27. The van der Waals surface area contributed by atoms with Gasteiger partial charge in [0.25, 0.3) is 0 Å². The monoisotopic (exact) mass is 691 g/mol. The van der Waals surface area contributed by atoms with Gasteiger partial charge in [0.1, 0.15) is 36.0 Å². The number of hydrogen-bond acceptors (Lipinski definition) is 14. The number of carbonyl (C=O) groups excluding carboxylic acids is 4. The quantitative estimate of drug-likeness (QED) is 0.0258. The Labute approximate surface area is 289 Å². The van der Waals surface area contributed by atoms with Crippen molar-refractivity contribution in [2.45, 2.75) is 45.6 Å². The zero-order valence-electron chi connectivity index (χ0n) is 28.2. The number of anilines is 1. The van der Waals surface area contributed by atoms with Gasteiger partial charge in [0, 0.05) is 17.6 Å². The third kappa shape index (κ3) is 13.5. The summed E-state index contributed by atoms with van der Waals surface area (Å²) < 4.78 is 31.7. The Morgan fingerprint density at radius 1 is 0.880 bits per heavy atom. The van der Waals surface area contributed by atoms with Crippen LogP contribution in [0.15, 0.2) is 84.0 Å². The summed E-state index contributed by atoms with van der Waals surface area (Å²) in [5.41, 5.74) is 3.96. The molecule has 0 aliphatic heterocycles. The number of aliphatic hydroxyl groups is 1. The molecule has 3 rings (SSSR count). The van der Waals surface area contributed by atoms with E-state index in [0.29, 0.717) is 40.5 Å². The number of benzene rings is 2. The molecular weight excluding hydrogens is 650 g/mol. The number of Topliss-reactive ketones (excluding diaryl/α,β-unsaturated/α-hetero) is 1. The fourth-order valence-corrected chi connectivity index (χ4v) is 3.99. The average molecular weight is 692 g/mol. The number of carbonyl (C=O) groups is 4. The highest BCUT2D eigenvalue weighted by atomic mass is 16.7. The first-order valence-electron chi connectivity index (χ1n) is 15.6. The van der Waals surface area contributed by atoms with Crippen LogP contribution in [0.2, 0.25) is 0 Å². The molecule has 0 fully saturated rings. The first kappa shape index (κ1) is 38.8. The maximum atomic E-state index is 12.1. The maximum Gasteiger partial charge on any atom is 0.333 e. The molecule has 0 heterocycles. The molecule has 0 spiro atoms. The Balaban J connectivity index is 1.36. The lowest BCUT2D eigenvalue weighted by Gasteiger charge is -2.15. The van der Waals surface area contributed by atoms with E-state index in [0.717, 1.165) is 5.56 Å². The Morgan fingerprint density at radius 3 is 2.26 bits per heavy atom. The molecule has 1 aliphatic rings. The van der Waals surface area contributed by atoms with Crippen LogP contribution in [0.1, 0.15) is 49.5 Å². The highest BCUT2D eigenvalue weighted by Gasteiger charge is 2.25. The predicted molar refractivity (Wildman–Crippen MR) is 183 cm³/mol. The van der Waals surface area contributed by atoms with Crippen LogP contribution < -0.4 is 14.9 Å². The molecule has 266 valence electrons. The van der Waals surface area contributed by atoms with Crippen LogP contribution in [-0.2, 0) is 39.8 Å². The van der Waals surface area contributed by atoms with Crippen molar-refractivity contribution in [2.24, 2.45) is 5.10 Å². The van der Waals surface area contributed by atoms with Gasteiger partial charge in [0.2, 0.25) is 0 Å². The standard InChI is InChI=1S/C36H41N3O11/c1-24(2)35(43)48-18-17-25-9-14-31(30(21-25)39-38-29-8-6-5-7-28(29)37)49-22-45-23-50-33(41)16-15-32(40)47-20-19-46-27-12-10-26(11-13-27)34(42)36(3,4)44/h5-14,21,37,39,44H,1,15-20,22-23H2,2-4H3/b37-28?,38-29-. The number of allylic oxidation sites excluding steroid dienone is 4. The molecule has 0 amide bonds. The molecule has 14 heteroatoms. The van der Waals surface area contributed by atoms with E-state index in [2.05, 4.69) is 17.1 Å². The minimum absolute atomic E-state index is 0.0537. The molecule has 14 nitrogen and oxygen atoms in total. The van der Waals surface area contributed by atoms with Crippen LogP contribution in [-0.4, -0.2) is 79.2 Å². The summed E-state index contributed by atoms with van der Waals surface area (Å²) >= 11 is 0. The largest absolute Gasteiger partial charge is 0.490 e. The fourth-order valence-electron chi connectivity index (χ4n) is 3.99. The molecule has 0 unspecified atom stereocenters. The Kier molecular flexibility index (Phi) is 15.1. The molecule has 0 saturated heterocycles. The van der Waals surface area contributed by atoms with Crippen molar-refractivity contribution in [3.63, 3.8) is 0 Å². The minimum atomic E-state index is -1.48. The molecule has 50 heavy (non-hydrogen) atoms. The van der Waals surface area contributed by atoms with Gasteiger partial charge in [-0.3, -0.25) is 25.2 Å². The number of hydrogen-bond donors (Lipinski definition) is 3. The Bertz CT molecular complexity index is 1640. The van der Waals surface area contributed by atoms with E-state index in [1.165, 1.54) is 26.0 Å². The van der Waals surface area contributed by atoms with Crippen LogP contribution in [0.4, 0.5) is 5.69 Å². The summed E-state index contributed by atoms with van der Waals surface area (Å²) in [5, 5.41) is 22.1. The second kappa shape index (κ2) is 19.4. The second-order valence-electron chi connectivity index (χ2n) is 11.3. The molecule has 1 aliphatic carbocycles. The van der Waals surface area contributed by atoms with Crippen LogP contribution in [0.5, 0.6) is 11.5 Å². The third-order valence-electron chi connectivity index (χ3n) is 6.64. The molecule has 2 aromatic carbocycles. The third-order valence-corrected chi connectivity index (χ3v) is 6.64. The van der Waals surface area contributed by atoms with Crippen molar-refractivity contribution in [1.82, 2.24) is 0 Å². The van der Waals surface area contributed by atoms with Gasteiger partial charge >= 0.3 is 17.9 Å². The van der Waals surface area contributed by atoms with E-state index >= 15 is 0 Å². The number of nitrogens with one attached hydrogen (secondary N) is 2. The van der Waals surface area contributed by atoms with Crippen LogP contribution in [0.3, 0.4) is 0 Å². The van der Waals surface area contributed by atoms with Gasteiger partial charge in [-0.25, -0.2) is 4.79 Å². The molecule has 0 saturated carbocycles. The fraction of sp³-hybridized carbons (Fsp3) is 0.333. The van der Waals surface area contributed by atoms with E-state index in [1.807, 2.05) is 0 Å². The number of ether oxygens (including phenoxy) is 6. The molecule has 0 radical (unpaired) electrons. The first-order valence-corrected chi connectivity index (χ1v) is 15.6. The SMILES string of the molecule is C=C(C)C(=O)OCCc1ccc(OCOCOC(=O)CCC(=O)OCCOc2ccc(C(=O)C(C)(C)O)cc2)c(N/N=C2/C=CC=CC2=N)c1. The van der Waals surface area contributed by atoms with Crippen molar-refractivity contribution >= 4 is 40.8 Å². The highest BCUT2D eigenvalue weighted by molar-refractivity contribution is 6.50. The second-order valence-corrected chi connectivity index (χ2v) is 11.3. The van der Waals surface area contributed by atoms with Gasteiger partial charge in [-0.2, -0.15) is 5.10 Å². The summed E-state index contributed by atoms with van der Waals surface area (Å²) in [7, 11) is 0. The zero-order chi connectivity index (χ0) is 36.5. The average Bonchev–Trinajstić information content (AvgIpc) is 3.08. The molecule has 0 bridgehead atoms. The number of rotatable bonds is 20. The van der Waals surface area contributed by atoms with E-state index < -0.39 is 36.1 Å². The number of hydrazone groups is 1. The van der Waals surface area contributed by atoms with Crippen LogP contribution in [0.25, 0.3) is 0 Å². The topological polar surface area (TPSA) is 192 Å². The maximum absolute atomic E-state index is 12.1. The van der Waals surface area contributed by atoms with Gasteiger partial charge in [0.15, 0.2) is 19.4 Å². The van der Waals surface area contributed by atoms with Crippen molar-refractivity contribution in [3.8, 4) is 11.5 Å². The smallest absolute Gasteiger partial charge is 0.333 e. The van der Waals surface area contributed by atoms with E-state index in [-0.39, 0.29) is 45.2 Å². The van der Waals surface area contributed by atoms with Gasteiger partial charge < -0.3 is 33.5 Å². The summed E-state index contributed by atoms with van der Waals surface area (Å²) in [6.07, 6.45) is 6.75. The summed E-state index contributed by atoms with van der Waals surface area (Å²) in [6, 6.07) is 11.4. The van der Waals surface area contributed by atoms with Gasteiger partial charge in [-0.05, 0) is 74.9 Å². The molecule has 0 atom stereocenters. The van der Waals surface area contributed by atoms with E-state index in [9.17, 15) is 24.3 Å². The summed E-state index contributed by atoms with van der Waals surface area (Å²) in [5.74, 6) is -1.37. The van der Waals surface area contributed by atoms with Gasteiger partial charge in [-0.1, -0.05) is 24.8 Å². The molecule has 2 aromatic rings. The van der Waals surface area contributed by atoms with Crippen LogP contribution in [0, 0.1) is 5.41 Å². The first-order chi connectivity index (χ1) is 23.8. The van der Waals surface area contributed by atoms with Crippen molar-refractivity contribution in [2.75, 3.05) is 38.8 Å². The lowest BCUT2D eigenvalue weighted by Crippen LogP contribution is -2.30.